The summed E-state index contributed by atoms with van der Waals surface area (Å²) in [7, 11) is 0. The largest absolute Gasteiger partial charge is 0.390 e. The van der Waals surface area contributed by atoms with Crippen LogP contribution in [0.2, 0.25) is 0 Å². The lowest BCUT2D eigenvalue weighted by Gasteiger charge is -2.18. The van der Waals surface area contributed by atoms with Crippen LogP contribution in [0.4, 0.5) is 4.39 Å². The van der Waals surface area contributed by atoms with E-state index in [1.54, 1.807) is 43.2 Å². The quantitative estimate of drug-likeness (QED) is 0.787. The van der Waals surface area contributed by atoms with Crippen LogP contribution in [0, 0.1) is 5.82 Å². The average Bonchev–Trinajstić information content (AvgIpc) is 3.15. The van der Waals surface area contributed by atoms with E-state index in [4.69, 9.17) is 0 Å². The first kappa shape index (κ1) is 15.4. The van der Waals surface area contributed by atoms with Crippen molar-refractivity contribution in [1.82, 2.24) is 19.3 Å². The molecule has 0 saturated carbocycles. The van der Waals surface area contributed by atoms with E-state index < -0.39 is 5.60 Å². The first-order valence-electron chi connectivity index (χ1n) is 7.47. The van der Waals surface area contributed by atoms with Crippen LogP contribution in [-0.4, -0.2) is 30.0 Å². The third kappa shape index (κ3) is 3.48. The third-order valence-electron chi connectivity index (χ3n) is 3.63. The van der Waals surface area contributed by atoms with Gasteiger partial charge >= 0.3 is 0 Å². The van der Waals surface area contributed by atoms with E-state index >= 15 is 0 Å². The fourth-order valence-electron chi connectivity index (χ4n) is 2.43. The van der Waals surface area contributed by atoms with Crippen molar-refractivity contribution in [3.8, 4) is 17.1 Å². The molecule has 0 amide bonds. The Morgan fingerprint density at radius 1 is 1.22 bits per heavy atom. The van der Waals surface area contributed by atoms with Crippen molar-refractivity contribution >= 4 is 0 Å². The maximum absolute atomic E-state index is 13.8. The fourth-order valence-corrected chi connectivity index (χ4v) is 2.43. The van der Waals surface area contributed by atoms with Gasteiger partial charge in [0.15, 0.2) is 0 Å². The lowest BCUT2D eigenvalue weighted by Crippen LogP contribution is -2.21. The highest BCUT2D eigenvalue weighted by molar-refractivity contribution is 5.67. The Bertz CT molecular complexity index is 787. The number of aromatic nitrogens is 4. The van der Waals surface area contributed by atoms with E-state index in [1.165, 1.54) is 12.1 Å². The molecule has 2 aromatic heterocycles. The van der Waals surface area contributed by atoms with Crippen LogP contribution in [0.15, 0.2) is 49.1 Å². The van der Waals surface area contributed by atoms with Crippen LogP contribution in [0.5, 0.6) is 0 Å². The molecule has 23 heavy (non-hydrogen) atoms. The molecule has 2 heterocycles. The van der Waals surface area contributed by atoms with Crippen molar-refractivity contribution in [3.05, 3.63) is 54.9 Å². The highest BCUT2D eigenvalue weighted by atomic mass is 19.1. The van der Waals surface area contributed by atoms with Crippen LogP contribution in [0.3, 0.4) is 0 Å². The maximum atomic E-state index is 13.8. The molecule has 0 bridgehead atoms. The molecule has 0 radical (unpaired) electrons. The summed E-state index contributed by atoms with van der Waals surface area (Å²) in [5.41, 5.74) is 0.649. The smallest absolute Gasteiger partial charge is 0.142 e. The van der Waals surface area contributed by atoms with Crippen molar-refractivity contribution in [2.45, 2.75) is 32.4 Å². The zero-order chi connectivity index (χ0) is 16.4. The summed E-state index contributed by atoms with van der Waals surface area (Å²) in [6.45, 7) is 4.12. The van der Waals surface area contributed by atoms with Crippen LogP contribution >= 0.6 is 0 Å². The molecule has 5 nitrogen and oxygen atoms in total. The monoisotopic (exact) mass is 314 g/mol. The lowest BCUT2D eigenvalue weighted by molar-refractivity contribution is 0.0663. The molecule has 0 aliphatic rings. The molecule has 0 atom stereocenters. The van der Waals surface area contributed by atoms with Gasteiger partial charge in [-0.15, -0.1) is 0 Å². The Morgan fingerprint density at radius 2 is 2.04 bits per heavy atom. The van der Waals surface area contributed by atoms with E-state index in [0.29, 0.717) is 24.4 Å². The van der Waals surface area contributed by atoms with E-state index in [0.717, 1.165) is 5.69 Å². The Hall–Kier alpha value is -2.47. The second-order valence-electron chi connectivity index (χ2n) is 6.12. The zero-order valence-corrected chi connectivity index (χ0v) is 13.1. The number of rotatable bonds is 5. The Morgan fingerprint density at radius 3 is 2.74 bits per heavy atom. The summed E-state index contributed by atoms with van der Waals surface area (Å²) in [6, 6.07) is 6.37. The number of imidazole rings is 1. The minimum Gasteiger partial charge on any atom is -0.390 e. The first-order valence-corrected chi connectivity index (χ1v) is 7.47. The predicted molar refractivity (Wildman–Crippen MR) is 85.7 cm³/mol. The molecule has 0 aliphatic heterocycles. The van der Waals surface area contributed by atoms with E-state index in [-0.39, 0.29) is 5.82 Å². The van der Waals surface area contributed by atoms with Gasteiger partial charge in [0.25, 0.3) is 0 Å². The van der Waals surface area contributed by atoms with Crippen molar-refractivity contribution in [2.24, 2.45) is 0 Å². The predicted octanol–water partition coefficient (Wildman–Crippen LogP) is 3.04. The summed E-state index contributed by atoms with van der Waals surface area (Å²) in [6.07, 6.45) is 7.56. The van der Waals surface area contributed by atoms with Crippen LogP contribution in [0.1, 0.15) is 20.3 Å². The molecular formula is C17H19FN4O. The summed E-state index contributed by atoms with van der Waals surface area (Å²) < 4.78 is 17.4. The van der Waals surface area contributed by atoms with E-state index in [9.17, 15) is 9.50 Å². The molecule has 0 saturated heterocycles. The van der Waals surface area contributed by atoms with Gasteiger partial charge in [0.05, 0.1) is 11.3 Å². The van der Waals surface area contributed by atoms with Gasteiger partial charge in [-0.25, -0.2) is 14.1 Å². The molecule has 0 spiro atoms. The molecule has 120 valence electrons. The van der Waals surface area contributed by atoms with Gasteiger partial charge < -0.3 is 9.67 Å². The highest BCUT2D eigenvalue weighted by Crippen LogP contribution is 2.27. The number of halogens is 1. The minimum absolute atomic E-state index is 0.326. The zero-order valence-electron chi connectivity index (χ0n) is 13.1. The van der Waals surface area contributed by atoms with Gasteiger partial charge in [0.1, 0.15) is 11.6 Å². The van der Waals surface area contributed by atoms with Gasteiger partial charge in [-0.05, 0) is 44.5 Å². The number of aryl methyl sites for hydroxylation is 1. The minimum atomic E-state index is -0.770. The normalized spacial score (nSPS) is 11.8. The molecule has 1 N–H and O–H groups in total. The van der Waals surface area contributed by atoms with Crippen molar-refractivity contribution in [2.75, 3.05) is 0 Å². The summed E-state index contributed by atoms with van der Waals surface area (Å²) >= 11 is 0. The van der Waals surface area contributed by atoms with Crippen LogP contribution in [0.25, 0.3) is 17.1 Å². The van der Waals surface area contributed by atoms with Gasteiger partial charge in [-0.1, -0.05) is 0 Å². The Balaban J connectivity index is 2.03. The summed E-state index contributed by atoms with van der Waals surface area (Å²) in [5.74, 6) is 0.326. The summed E-state index contributed by atoms with van der Waals surface area (Å²) in [4.78, 5) is 4.37. The average molecular weight is 314 g/mol. The van der Waals surface area contributed by atoms with Crippen molar-refractivity contribution < 1.29 is 9.50 Å². The molecule has 3 aromatic rings. The molecule has 0 unspecified atom stereocenters. The van der Waals surface area contributed by atoms with Crippen molar-refractivity contribution in [1.29, 1.82) is 0 Å². The number of hydrogen-bond donors (Lipinski definition) is 1. The first-order chi connectivity index (χ1) is 10.9. The second kappa shape index (κ2) is 5.96. The Kier molecular flexibility index (Phi) is 4.00. The van der Waals surface area contributed by atoms with Crippen molar-refractivity contribution in [3.63, 3.8) is 0 Å². The number of hydrogen-bond acceptors (Lipinski definition) is 3. The van der Waals surface area contributed by atoms with Gasteiger partial charge in [0, 0.05) is 36.9 Å². The Labute approximate surface area is 134 Å². The maximum Gasteiger partial charge on any atom is 0.142 e. The number of nitrogens with zero attached hydrogens (tertiary/aromatic N) is 4. The van der Waals surface area contributed by atoms with E-state index in [1.807, 2.05) is 16.8 Å². The second-order valence-corrected chi connectivity index (χ2v) is 6.12. The van der Waals surface area contributed by atoms with Gasteiger partial charge in [0.2, 0.25) is 0 Å². The molecule has 0 fully saturated rings. The fraction of sp³-hybridized carbons (Fsp3) is 0.294. The third-order valence-corrected chi connectivity index (χ3v) is 3.63. The molecule has 6 heteroatoms. The lowest BCUT2D eigenvalue weighted by atomic mass is 10.1. The van der Waals surface area contributed by atoms with Crippen LogP contribution < -0.4 is 0 Å². The standard InChI is InChI=1S/C17H19FN4O/c1-17(2,23)6-10-21-11-8-19-16(21)14-12-13(18)4-5-15(14)22-9-3-7-20-22/h3-5,7-9,11-12,23H,6,10H2,1-2H3. The van der Waals surface area contributed by atoms with Gasteiger partial charge in [-0.3, -0.25) is 0 Å². The number of aliphatic hydroxyl groups is 1. The van der Waals surface area contributed by atoms with Gasteiger partial charge in [-0.2, -0.15) is 5.10 Å². The molecular weight excluding hydrogens is 295 g/mol. The summed E-state index contributed by atoms with van der Waals surface area (Å²) in [5, 5.41) is 14.1. The topological polar surface area (TPSA) is 55.9 Å². The molecule has 1 aromatic carbocycles. The number of benzene rings is 1. The molecule has 0 aliphatic carbocycles. The van der Waals surface area contributed by atoms with E-state index in [2.05, 4.69) is 10.1 Å². The highest BCUT2D eigenvalue weighted by Gasteiger charge is 2.17. The van der Waals surface area contributed by atoms with Crippen LogP contribution in [-0.2, 0) is 6.54 Å². The molecule has 3 rings (SSSR count). The SMILES string of the molecule is CC(C)(O)CCn1ccnc1-c1cc(F)ccc1-n1cccn1.